The molecule has 0 aromatic heterocycles. The molecule has 2 aliphatic heterocycles. The van der Waals surface area contributed by atoms with Crippen molar-refractivity contribution in [1.29, 1.82) is 0 Å². The lowest BCUT2D eigenvalue weighted by Crippen LogP contribution is -2.44. The van der Waals surface area contributed by atoms with E-state index in [-0.39, 0.29) is 0 Å². The number of aryl methyl sites for hydroxylation is 1. The molecule has 1 fully saturated rings. The van der Waals surface area contributed by atoms with Gasteiger partial charge in [-0.3, -0.25) is 10.4 Å². The number of nitrogens with one attached hydrogen (secondary N) is 1. The third-order valence-corrected chi connectivity index (χ3v) is 5.18. The summed E-state index contributed by atoms with van der Waals surface area (Å²) in [7, 11) is 2.19. The van der Waals surface area contributed by atoms with Gasteiger partial charge in [0.05, 0.1) is 12.2 Å². The van der Waals surface area contributed by atoms with Crippen LogP contribution in [0.2, 0.25) is 0 Å². The molecule has 4 rings (SSSR count). The lowest BCUT2D eigenvalue weighted by atomic mass is 10.00. The van der Waals surface area contributed by atoms with E-state index < -0.39 is 0 Å². The summed E-state index contributed by atoms with van der Waals surface area (Å²) < 4.78 is 0. The highest BCUT2D eigenvalue weighted by Crippen LogP contribution is 2.24. The Morgan fingerprint density at radius 1 is 0.920 bits per heavy atom. The van der Waals surface area contributed by atoms with Crippen molar-refractivity contribution in [1.82, 2.24) is 9.91 Å². The van der Waals surface area contributed by atoms with E-state index in [1.165, 1.54) is 22.4 Å². The zero-order chi connectivity index (χ0) is 17.2. The molecular weight excluding hydrogens is 308 g/mol. The highest BCUT2D eigenvalue weighted by molar-refractivity contribution is 5.60. The minimum Gasteiger partial charge on any atom is -0.369 e. The molecule has 1 N–H and O–H groups in total. The number of rotatable bonds is 3. The van der Waals surface area contributed by atoms with Gasteiger partial charge in [0.25, 0.3) is 0 Å². The second-order valence-electron chi connectivity index (χ2n) is 7.04. The minimum atomic E-state index is 0.883. The predicted molar refractivity (Wildman–Crippen MR) is 106 cm³/mol. The maximum absolute atomic E-state index is 3.50. The number of nitrogens with zero attached hydrogens (tertiary/aromatic N) is 3. The lowest BCUT2D eigenvalue weighted by molar-refractivity contribution is 0.313. The van der Waals surface area contributed by atoms with Gasteiger partial charge in [-0.05, 0) is 61.0 Å². The third kappa shape index (κ3) is 3.49. The first kappa shape index (κ1) is 16.0. The fraction of sp³-hybridized carbons (Fsp3) is 0.333. The monoisotopic (exact) mass is 334 g/mol. The number of hydrazine groups is 1. The van der Waals surface area contributed by atoms with Crippen molar-refractivity contribution in [2.45, 2.75) is 13.5 Å². The van der Waals surface area contributed by atoms with Gasteiger partial charge in [0.1, 0.15) is 0 Å². The number of hydrogen-bond donors (Lipinski definition) is 1. The second kappa shape index (κ2) is 6.81. The summed E-state index contributed by atoms with van der Waals surface area (Å²) in [6.45, 7) is 7.54. The molecule has 0 radical (unpaired) electrons. The van der Waals surface area contributed by atoms with Crippen molar-refractivity contribution >= 4 is 17.5 Å². The van der Waals surface area contributed by atoms with E-state index in [1.807, 2.05) is 0 Å². The van der Waals surface area contributed by atoms with Crippen LogP contribution in [0.15, 0.2) is 48.7 Å². The fourth-order valence-electron chi connectivity index (χ4n) is 3.57. The van der Waals surface area contributed by atoms with E-state index in [1.54, 1.807) is 0 Å². The Morgan fingerprint density at radius 2 is 1.68 bits per heavy atom. The van der Waals surface area contributed by atoms with Gasteiger partial charge in [-0.25, -0.2) is 0 Å². The van der Waals surface area contributed by atoms with Crippen molar-refractivity contribution in [3.8, 4) is 0 Å². The van der Waals surface area contributed by atoms with Gasteiger partial charge >= 0.3 is 0 Å². The van der Waals surface area contributed by atoms with Crippen LogP contribution in [0.4, 0.5) is 11.4 Å². The molecule has 0 atom stereocenters. The first-order chi connectivity index (χ1) is 12.2. The van der Waals surface area contributed by atoms with E-state index in [4.69, 9.17) is 0 Å². The molecule has 25 heavy (non-hydrogen) atoms. The van der Waals surface area contributed by atoms with Crippen LogP contribution in [0.5, 0.6) is 0 Å². The zero-order valence-electron chi connectivity index (χ0n) is 15.1. The van der Waals surface area contributed by atoms with Gasteiger partial charge in [0.15, 0.2) is 0 Å². The second-order valence-corrected chi connectivity index (χ2v) is 7.04. The molecule has 0 saturated carbocycles. The van der Waals surface area contributed by atoms with Crippen LogP contribution < -0.4 is 10.3 Å². The van der Waals surface area contributed by atoms with Gasteiger partial charge in [-0.15, -0.1) is 0 Å². The average molecular weight is 334 g/mol. The highest BCUT2D eigenvalue weighted by atomic mass is 15.5. The number of fused-ring (bicyclic) bond motifs is 1. The van der Waals surface area contributed by atoms with Crippen LogP contribution >= 0.6 is 0 Å². The van der Waals surface area contributed by atoms with E-state index >= 15 is 0 Å². The molecule has 4 nitrogen and oxygen atoms in total. The third-order valence-electron chi connectivity index (χ3n) is 5.18. The molecule has 0 unspecified atom stereocenters. The molecule has 2 aliphatic rings. The average Bonchev–Trinajstić information content (AvgIpc) is 2.63. The Bertz CT molecular complexity index is 758. The molecule has 0 spiro atoms. The number of anilines is 2. The first-order valence-electron chi connectivity index (χ1n) is 9.02. The maximum Gasteiger partial charge on any atom is 0.0643 e. The summed E-state index contributed by atoms with van der Waals surface area (Å²) in [6.07, 6.45) is 4.32. The van der Waals surface area contributed by atoms with Gasteiger partial charge < -0.3 is 9.80 Å². The van der Waals surface area contributed by atoms with E-state index in [0.29, 0.717) is 0 Å². The zero-order valence-corrected chi connectivity index (χ0v) is 15.1. The Labute approximate surface area is 150 Å². The van der Waals surface area contributed by atoms with Gasteiger partial charge in [0, 0.05) is 38.1 Å². The highest BCUT2D eigenvalue weighted by Gasteiger charge is 2.15. The Hall–Kier alpha value is -2.46. The van der Waals surface area contributed by atoms with Crippen molar-refractivity contribution in [3.05, 3.63) is 65.4 Å². The van der Waals surface area contributed by atoms with Crippen LogP contribution in [-0.4, -0.2) is 43.1 Å². The van der Waals surface area contributed by atoms with Crippen LogP contribution in [0.25, 0.3) is 6.08 Å². The van der Waals surface area contributed by atoms with Gasteiger partial charge in [-0.2, -0.15) is 0 Å². The topological polar surface area (TPSA) is 21.8 Å². The van der Waals surface area contributed by atoms with Crippen molar-refractivity contribution < 1.29 is 0 Å². The number of likely N-dealkylation sites (N-methyl/N-ethyl adjacent to an activating group) is 1. The maximum atomic E-state index is 3.50. The van der Waals surface area contributed by atoms with Crippen molar-refractivity contribution in [2.24, 2.45) is 0 Å². The summed E-state index contributed by atoms with van der Waals surface area (Å²) >= 11 is 0. The summed E-state index contributed by atoms with van der Waals surface area (Å²) in [5, 5.41) is 2.15. The van der Waals surface area contributed by atoms with Gasteiger partial charge in [-0.1, -0.05) is 18.2 Å². The van der Waals surface area contributed by atoms with Crippen LogP contribution in [0, 0.1) is 6.92 Å². The lowest BCUT2D eigenvalue weighted by Gasteiger charge is -2.34. The summed E-state index contributed by atoms with van der Waals surface area (Å²) in [5.41, 5.74) is 9.99. The molecule has 2 aromatic rings. The summed E-state index contributed by atoms with van der Waals surface area (Å²) in [5.74, 6) is 0. The van der Waals surface area contributed by atoms with Crippen LogP contribution in [0.3, 0.4) is 0 Å². The van der Waals surface area contributed by atoms with E-state index in [2.05, 4.69) is 88.9 Å². The van der Waals surface area contributed by atoms with Crippen molar-refractivity contribution in [2.75, 3.05) is 43.6 Å². The Morgan fingerprint density at radius 3 is 2.44 bits per heavy atom. The van der Waals surface area contributed by atoms with Crippen molar-refractivity contribution in [3.63, 3.8) is 0 Å². The van der Waals surface area contributed by atoms with E-state index in [9.17, 15) is 0 Å². The smallest absolute Gasteiger partial charge is 0.0643 e. The number of benzene rings is 2. The standard InChI is InChI=1S/C21H26N4/c1-17-4-3-5-18-16-25(11-10-21(17)18)22-19-6-8-20(9-7-19)24-14-12-23(2)13-15-24/h3-11,22H,12-16H2,1-2H3. The summed E-state index contributed by atoms with van der Waals surface area (Å²) in [6, 6.07) is 15.3. The van der Waals surface area contributed by atoms with E-state index in [0.717, 1.165) is 38.4 Å². The molecule has 1 saturated heterocycles. The van der Waals surface area contributed by atoms with Gasteiger partial charge in [0.2, 0.25) is 0 Å². The SMILES string of the molecule is Cc1cccc2c1C=CN(Nc1ccc(N3CCN(C)CC3)cc1)C2. The quantitative estimate of drug-likeness (QED) is 0.926. The first-order valence-corrected chi connectivity index (χ1v) is 9.02. The molecule has 0 bridgehead atoms. The minimum absolute atomic E-state index is 0.883. The molecule has 2 heterocycles. The Kier molecular flexibility index (Phi) is 4.36. The normalized spacial score (nSPS) is 17.5. The predicted octanol–water partition coefficient (Wildman–Crippen LogP) is 3.56. The number of piperazine rings is 1. The molecule has 0 aliphatic carbocycles. The Balaban J connectivity index is 1.41. The van der Waals surface area contributed by atoms with Crippen LogP contribution in [0.1, 0.15) is 16.7 Å². The fourth-order valence-corrected chi connectivity index (χ4v) is 3.57. The van der Waals surface area contributed by atoms with Crippen LogP contribution in [-0.2, 0) is 6.54 Å². The molecule has 130 valence electrons. The molecular formula is C21H26N4. The molecule has 4 heteroatoms. The summed E-state index contributed by atoms with van der Waals surface area (Å²) in [4.78, 5) is 4.85. The largest absolute Gasteiger partial charge is 0.369 e. The molecule has 0 amide bonds. The number of hydrogen-bond acceptors (Lipinski definition) is 4. The molecule has 2 aromatic carbocycles.